The molecule has 1 saturated heterocycles. The van der Waals surface area contributed by atoms with E-state index in [0.29, 0.717) is 18.0 Å². The summed E-state index contributed by atoms with van der Waals surface area (Å²) < 4.78 is 43.1. The van der Waals surface area contributed by atoms with Gasteiger partial charge in [-0.3, -0.25) is 0 Å². The van der Waals surface area contributed by atoms with Gasteiger partial charge < -0.3 is 14.8 Å². The van der Waals surface area contributed by atoms with Crippen LogP contribution in [-0.4, -0.2) is 85.5 Å². The van der Waals surface area contributed by atoms with Crippen LogP contribution in [-0.2, 0) is 0 Å². The molecule has 1 unspecified atom stereocenters. The smallest absolute Gasteiger partial charge is 0.329 e. The standard InChI is InChI=1S/C23H25F3N8/c1-32-8-10-33(11-9-32)7-5-19(23(24,25)26)16-2-3-20(28-12-16)34-14-17(13-31-34)18-4-6-27-22-21(18)29-15-30-22/h2-4,6,12-15,19H,5,7-11H2,1H3,(H,27,29,30). The Morgan fingerprint density at radius 2 is 1.85 bits per heavy atom. The van der Waals surface area contributed by atoms with Crippen molar-refractivity contribution < 1.29 is 13.2 Å². The van der Waals surface area contributed by atoms with Crippen LogP contribution in [0.5, 0.6) is 0 Å². The maximum atomic E-state index is 13.9. The Morgan fingerprint density at radius 1 is 1.03 bits per heavy atom. The van der Waals surface area contributed by atoms with E-state index < -0.39 is 12.1 Å². The molecule has 5 heterocycles. The first-order valence-electron chi connectivity index (χ1n) is 11.2. The van der Waals surface area contributed by atoms with Crippen LogP contribution in [0.25, 0.3) is 28.1 Å². The number of halogens is 3. The van der Waals surface area contributed by atoms with Crippen molar-refractivity contribution >= 4 is 11.2 Å². The van der Waals surface area contributed by atoms with Gasteiger partial charge in [-0.25, -0.2) is 19.6 Å². The molecule has 0 amide bonds. The molecule has 1 atom stereocenters. The van der Waals surface area contributed by atoms with Gasteiger partial charge in [0.05, 0.1) is 18.4 Å². The second-order valence-corrected chi connectivity index (χ2v) is 8.61. The quantitative estimate of drug-likeness (QED) is 0.465. The number of nitrogens with zero attached hydrogens (tertiary/aromatic N) is 7. The Bertz CT molecular complexity index is 1240. The lowest BCUT2D eigenvalue weighted by molar-refractivity contribution is -0.153. The van der Waals surface area contributed by atoms with Crippen LogP contribution in [0.2, 0.25) is 0 Å². The first-order valence-corrected chi connectivity index (χ1v) is 11.2. The van der Waals surface area contributed by atoms with Gasteiger partial charge in [0.25, 0.3) is 0 Å². The number of aromatic nitrogens is 6. The minimum atomic E-state index is -4.33. The molecule has 0 spiro atoms. The minimum absolute atomic E-state index is 0.0157. The van der Waals surface area contributed by atoms with Crippen LogP contribution in [0, 0.1) is 0 Å². The molecular weight excluding hydrogens is 445 g/mol. The zero-order valence-electron chi connectivity index (χ0n) is 18.7. The molecule has 4 aromatic rings. The first kappa shape index (κ1) is 22.5. The predicted molar refractivity (Wildman–Crippen MR) is 122 cm³/mol. The molecule has 0 bridgehead atoms. The molecule has 11 heteroatoms. The van der Waals surface area contributed by atoms with Gasteiger partial charge in [-0.15, -0.1) is 0 Å². The van der Waals surface area contributed by atoms with Gasteiger partial charge >= 0.3 is 6.18 Å². The Morgan fingerprint density at radius 3 is 2.59 bits per heavy atom. The largest absolute Gasteiger partial charge is 0.395 e. The zero-order chi connectivity index (χ0) is 23.7. The normalized spacial score (nSPS) is 16.8. The van der Waals surface area contributed by atoms with E-state index in [-0.39, 0.29) is 12.0 Å². The van der Waals surface area contributed by atoms with Crippen molar-refractivity contribution in [2.24, 2.45) is 0 Å². The molecule has 8 nitrogen and oxygen atoms in total. The number of imidazole rings is 1. The van der Waals surface area contributed by atoms with E-state index in [2.05, 4.69) is 34.8 Å². The van der Waals surface area contributed by atoms with Crippen molar-refractivity contribution in [2.75, 3.05) is 39.8 Å². The summed E-state index contributed by atoms with van der Waals surface area (Å²) in [5.41, 5.74) is 3.23. The predicted octanol–water partition coefficient (Wildman–Crippen LogP) is 3.49. The highest BCUT2D eigenvalue weighted by atomic mass is 19.4. The van der Waals surface area contributed by atoms with E-state index in [1.165, 1.54) is 12.3 Å². The van der Waals surface area contributed by atoms with Gasteiger partial charge in [-0.2, -0.15) is 18.3 Å². The fourth-order valence-electron chi connectivity index (χ4n) is 4.31. The molecule has 5 rings (SSSR count). The molecule has 1 aliphatic rings. The molecule has 4 aromatic heterocycles. The lowest BCUT2D eigenvalue weighted by Gasteiger charge is -2.33. The summed E-state index contributed by atoms with van der Waals surface area (Å²) in [6.07, 6.45) is 3.71. The number of aromatic amines is 1. The maximum Gasteiger partial charge on any atom is 0.395 e. The fraction of sp³-hybridized carbons (Fsp3) is 0.391. The van der Waals surface area contributed by atoms with E-state index in [1.54, 1.807) is 35.7 Å². The average Bonchev–Trinajstić information content (AvgIpc) is 3.50. The van der Waals surface area contributed by atoms with Crippen molar-refractivity contribution in [3.05, 3.63) is 54.9 Å². The maximum absolute atomic E-state index is 13.9. The van der Waals surface area contributed by atoms with Crippen LogP contribution in [0.3, 0.4) is 0 Å². The van der Waals surface area contributed by atoms with Crippen molar-refractivity contribution in [3.63, 3.8) is 0 Å². The Kier molecular flexibility index (Phi) is 6.05. The van der Waals surface area contributed by atoms with E-state index in [0.717, 1.165) is 42.8 Å². The summed E-state index contributed by atoms with van der Waals surface area (Å²) in [5.74, 6) is -1.10. The van der Waals surface area contributed by atoms with Gasteiger partial charge in [0.1, 0.15) is 5.52 Å². The summed E-state index contributed by atoms with van der Waals surface area (Å²) in [7, 11) is 2.03. The van der Waals surface area contributed by atoms with E-state index >= 15 is 0 Å². The number of hydrogen-bond donors (Lipinski definition) is 1. The number of hydrogen-bond acceptors (Lipinski definition) is 6. The molecule has 0 saturated carbocycles. The summed E-state index contributed by atoms with van der Waals surface area (Å²) in [6.45, 7) is 3.76. The summed E-state index contributed by atoms with van der Waals surface area (Å²) >= 11 is 0. The Hall–Kier alpha value is -3.31. The third-order valence-electron chi connectivity index (χ3n) is 6.35. The second kappa shape index (κ2) is 9.15. The molecular formula is C23H25F3N8. The Labute approximate surface area is 194 Å². The summed E-state index contributed by atoms with van der Waals surface area (Å²) in [5, 5.41) is 4.34. The summed E-state index contributed by atoms with van der Waals surface area (Å²) in [6, 6.07) is 4.93. The molecule has 0 aliphatic carbocycles. The van der Waals surface area contributed by atoms with E-state index in [4.69, 9.17) is 0 Å². The molecule has 34 heavy (non-hydrogen) atoms. The lowest BCUT2D eigenvalue weighted by Crippen LogP contribution is -2.45. The number of H-pyrrole nitrogens is 1. The van der Waals surface area contributed by atoms with Gasteiger partial charge in [0.15, 0.2) is 11.5 Å². The third kappa shape index (κ3) is 4.66. The van der Waals surface area contributed by atoms with E-state index in [1.807, 2.05) is 13.1 Å². The highest BCUT2D eigenvalue weighted by Crippen LogP contribution is 2.37. The van der Waals surface area contributed by atoms with Crippen LogP contribution >= 0.6 is 0 Å². The van der Waals surface area contributed by atoms with Crippen molar-refractivity contribution in [1.29, 1.82) is 0 Å². The number of pyridine rings is 2. The molecule has 1 fully saturated rings. The van der Waals surface area contributed by atoms with Crippen LogP contribution in [0.1, 0.15) is 17.9 Å². The molecule has 0 aromatic carbocycles. The van der Waals surface area contributed by atoms with Gasteiger partial charge in [-0.05, 0) is 37.7 Å². The zero-order valence-corrected chi connectivity index (χ0v) is 18.7. The van der Waals surface area contributed by atoms with Crippen LogP contribution in [0.15, 0.2) is 49.3 Å². The number of nitrogens with one attached hydrogen (secondary N) is 1. The summed E-state index contributed by atoms with van der Waals surface area (Å²) in [4.78, 5) is 20.1. The second-order valence-electron chi connectivity index (χ2n) is 8.61. The van der Waals surface area contributed by atoms with Gasteiger partial charge in [0, 0.05) is 55.9 Å². The number of likely N-dealkylation sites (N-methyl/N-ethyl adjacent to an activating group) is 1. The minimum Gasteiger partial charge on any atom is -0.329 e. The SMILES string of the molecule is CN1CCN(CCC(c2ccc(-n3cc(-c4ccnc5[nH]cnc45)cn3)nc2)C(F)(F)F)CC1. The molecule has 1 aliphatic heterocycles. The monoisotopic (exact) mass is 470 g/mol. The average molecular weight is 471 g/mol. The number of rotatable bonds is 6. The Balaban J connectivity index is 1.32. The highest BCUT2D eigenvalue weighted by molar-refractivity contribution is 5.88. The van der Waals surface area contributed by atoms with Gasteiger partial charge in [-0.1, -0.05) is 6.07 Å². The molecule has 1 N–H and O–H groups in total. The van der Waals surface area contributed by atoms with Crippen molar-refractivity contribution in [2.45, 2.75) is 18.5 Å². The van der Waals surface area contributed by atoms with Crippen LogP contribution < -0.4 is 0 Å². The number of alkyl halides is 3. The van der Waals surface area contributed by atoms with Crippen molar-refractivity contribution in [1.82, 2.24) is 39.5 Å². The van der Waals surface area contributed by atoms with Gasteiger partial charge in [0.2, 0.25) is 0 Å². The third-order valence-corrected chi connectivity index (χ3v) is 6.35. The van der Waals surface area contributed by atoms with E-state index in [9.17, 15) is 13.2 Å². The lowest BCUT2D eigenvalue weighted by atomic mass is 9.96. The van der Waals surface area contributed by atoms with Crippen LogP contribution in [0.4, 0.5) is 13.2 Å². The number of fused-ring (bicyclic) bond motifs is 1. The highest BCUT2D eigenvalue weighted by Gasteiger charge is 2.40. The first-order chi connectivity index (χ1) is 16.4. The number of piperazine rings is 1. The molecule has 0 radical (unpaired) electrons. The topological polar surface area (TPSA) is 78.8 Å². The molecule has 178 valence electrons. The fourth-order valence-corrected chi connectivity index (χ4v) is 4.31. The van der Waals surface area contributed by atoms with Crippen molar-refractivity contribution in [3.8, 4) is 16.9 Å².